The molecule has 1 fully saturated rings. The van der Waals surface area contributed by atoms with Gasteiger partial charge in [0.2, 0.25) is 0 Å². The van der Waals surface area contributed by atoms with Gasteiger partial charge in [-0.1, -0.05) is 18.2 Å². The van der Waals surface area contributed by atoms with Gasteiger partial charge in [0.15, 0.2) is 0 Å². The second-order valence-electron chi connectivity index (χ2n) is 7.09. The Morgan fingerprint density at radius 1 is 1.22 bits per heavy atom. The summed E-state index contributed by atoms with van der Waals surface area (Å²) in [5.41, 5.74) is 8.33. The van der Waals surface area contributed by atoms with Crippen LogP contribution in [0.3, 0.4) is 0 Å². The molecule has 3 N–H and O–H groups in total. The van der Waals surface area contributed by atoms with Gasteiger partial charge >= 0.3 is 0 Å². The standard InChI is InChI=1S/C20H25N3O3S/c1-14-4-3-5-17(10-14)22-27(25,26)18-7-6-15(2)19(11-18)20(24)23-9-8-16(12-21)13-23/h3-7,10-11,16,22H,8-9,12-13,21H2,1-2H3. The quantitative estimate of drug-likeness (QED) is 0.824. The lowest BCUT2D eigenvalue weighted by Crippen LogP contribution is -2.30. The van der Waals surface area contributed by atoms with Crippen molar-refractivity contribution in [2.75, 3.05) is 24.4 Å². The highest BCUT2D eigenvalue weighted by molar-refractivity contribution is 7.92. The van der Waals surface area contributed by atoms with E-state index in [-0.39, 0.29) is 10.8 Å². The number of hydrogen-bond donors (Lipinski definition) is 2. The number of aryl methyl sites for hydroxylation is 2. The van der Waals surface area contributed by atoms with Crippen LogP contribution in [0.5, 0.6) is 0 Å². The van der Waals surface area contributed by atoms with E-state index in [1.165, 1.54) is 12.1 Å². The van der Waals surface area contributed by atoms with Crippen LogP contribution in [-0.4, -0.2) is 38.9 Å². The molecule has 1 atom stereocenters. The van der Waals surface area contributed by atoms with E-state index in [1.807, 2.05) is 19.9 Å². The molecule has 1 saturated heterocycles. The second kappa shape index (κ2) is 7.70. The van der Waals surface area contributed by atoms with E-state index in [9.17, 15) is 13.2 Å². The van der Waals surface area contributed by atoms with E-state index in [0.29, 0.717) is 36.8 Å². The van der Waals surface area contributed by atoms with Crippen molar-refractivity contribution in [1.82, 2.24) is 4.90 Å². The number of nitrogens with two attached hydrogens (primary N) is 1. The Kier molecular flexibility index (Phi) is 5.53. The number of nitrogens with zero attached hydrogens (tertiary/aromatic N) is 1. The smallest absolute Gasteiger partial charge is 0.261 e. The fourth-order valence-corrected chi connectivity index (χ4v) is 4.38. The van der Waals surface area contributed by atoms with Gasteiger partial charge in [0.05, 0.1) is 4.90 Å². The number of carbonyl (C=O) groups is 1. The van der Waals surface area contributed by atoms with Crippen LogP contribution in [0.4, 0.5) is 5.69 Å². The van der Waals surface area contributed by atoms with Gasteiger partial charge < -0.3 is 10.6 Å². The molecule has 0 spiro atoms. The Bertz CT molecular complexity index is 957. The third-order valence-electron chi connectivity index (χ3n) is 4.93. The van der Waals surface area contributed by atoms with E-state index >= 15 is 0 Å². The third kappa shape index (κ3) is 4.31. The van der Waals surface area contributed by atoms with Crippen molar-refractivity contribution >= 4 is 21.6 Å². The summed E-state index contributed by atoms with van der Waals surface area (Å²) in [6.07, 6.45) is 0.883. The van der Waals surface area contributed by atoms with Crippen molar-refractivity contribution in [3.05, 3.63) is 59.2 Å². The Balaban J connectivity index is 1.87. The summed E-state index contributed by atoms with van der Waals surface area (Å²) in [5, 5.41) is 0. The van der Waals surface area contributed by atoms with Gasteiger partial charge in [-0.05, 0) is 68.1 Å². The molecule has 7 heteroatoms. The van der Waals surface area contributed by atoms with Gasteiger partial charge in [0.25, 0.3) is 15.9 Å². The SMILES string of the molecule is Cc1cccc(NS(=O)(=O)c2ccc(C)c(C(=O)N3CCC(CN)C3)c2)c1. The molecule has 144 valence electrons. The fraction of sp³-hybridized carbons (Fsp3) is 0.350. The summed E-state index contributed by atoms with van der Waals surface area (Å²) in [6, 6.07) is 11.8. The zero-order chi connectivity index (χ0) is 19.6. The summed E-state index contributed by atoms with van der Waals surface area (Å²) < 4.78 is 28.1. The largest absolute Gasteiger partial charge is 0.338 e. The zero-order valence-electron chi connectivity index (χ0n) is 15.6. The summed E-state index contributed by atoms with van der Waals surface area (Å²) in [5.74, 6) is 0.167. The third-order valence-corrected chi connectivity index (χ3v) is 6.31. The average molecular weight is 388 g/mol. The van der Waals surface area contributed by atoms with Gasteiger partial charge in [0.1, 0.15) is 0 Å². The van der Waals surface area contributed by atoms with Crippen LogP contribution in [0, 0.1) is 19.8 Å². The van der Waals surface area contributed by atoms with Gasteiger partial charge in [-0.15, -0.1) is 0 Å². The lowest BCUT2D eigenvalue weighted by molar-refractivity contribution is 0.0786. The van der Waals surface area contributed by atoms with Gasteiger partial charge in [-0.2, -0.15) is 0 Å². The minimum absolute atomic E-state index is 0.0764. The lowest BCUT2D eigenvalue weighted by Gasteiger charge is -2.18. The van der Waals surface area contributed by atoms with Crippen molar-refractivity contribution in [2.24, 2.45) is 11.7 Å². The number of nitrogens with one attached hydrogen (secondary N) is 1. The van der Waals surface area contributed by atoms with Gasteiger partial charge in [-0.25, -0.2) is 8.42 Å². The molecule has 0 aliphatic carbocycles. The van der Waals surface area contributed by atoms with Crippen LogP contribution in [0.15, 0.2) is 47.4 Å². The minimum Gasteiger partial charge on any atom is -0.338 e. The summed E-state index contributed by atoms with van der Waals surface area (Å²) in [4.78, 5) is 14.7. The highest BCUT2D eigenvalue weighted by atomic mass is 32.2. The molecule has 27 heavy (non-hydrogen) atoms. The van der Waals surface area contributed by atoms with Crippen molar-refractivity contribution in [3.63, 3.8) is 0 Å². The average Bonchev–Trinajstić information content (AvgIpc) is 3.10. The van der Waals surface area contributed by atoms with Crippen LogP contribution in [-0.2, 0) is 10.0 Å². The maximum atomic E-state index is 12.9. The van der Waals surface area contributed by atoms with Gasteiger partial charge in [0, 0.05) is 24.3 Å². The molecule has 6 nitrogen and oxygen atoms in total. The van der Waals surface area contributed by atoms with Crippen LogP contribution < -0.4 is 10.5 Å². The topological polar surface area (TPSA) is 92.5 Å². The molecule has 0 saturated carbocycles. The predicted molar refractivity (Wildman–Crippen MR) is 106 cm³/mol. The Labute approximate surface area is 160 Å². The van der Waals surface area contributed by atoms with E-state index in [0.717, 1.165) is 17.5 Å². The van der Waals surface area contributed by atoms with E-state index in [4.69, 9.17) is 5.73 Å². The predicted octanol–water partition coefficient (Wildman–Crippen LogP) is 2.53. The summed E-state index contributed by atoms with van der Waals surface area (Å²) >= 11 is 0. The van der Waals surface area contributed by atoms with E-state index in [1.54, 1.807) is 29.2 Å². The number of amides is 1. The summed E-state index contributed by atoms with van der Waals surface area (Å²) in [7, 11) is -3.78. The molecule has 0 aromatic heterocycles. The molecule has 2 aromatic carbocycles. The number of anilines is 1. The highest BCUT2D eigenvalue weighted by Gasteiger charge is 2.28. The van der Waals surface area contributed by atoms with Crippen LogP contribution in [0.1, 0.15) is 27.9 Å². The Morgan fingerprint density at radius 2 is 2.00 bits per heavy atom. The first-order valence-corrected chi connectivity index (χ1v) is 10.5. The van der Waals surface area contributed by atoms with E-state index in [2.05, 4.69) is 4.72 Å². The first-order valence-electron chi connectivity index (χ1n) is 8.99. The molecule has 1 heterocycles. The lowest BCUT2D eigenvalue weighted by atomic mass is 10.1. The molecule has 1 aliphatic heterocycles. The Hall–Kier alpha value is -2.38. The molecular weight excluding hydrogens is 362 g/mol. The second-order valence-corrected chi connectivity index (χ2v) is 8.78. The number of carbonyl (C=O) groups excluding carboxylic acids is 1. The van der Waals surface area contributed by atoms with Crippen molar-refractivity contribution < 1.29 is 13.2 Å². The minimum atomic E-state index is -3.78. The molecule has 2 aromatic rings. The van der Waals surface area contributed by atoms with Gasteiger partial charge in [-0.3, -0.25) is 9.52 Å². The number of likely N-dealkylation sites (tertiary alicyclic amines) is 1. The van der Waals surface area contributed by atoms with E-state index < -0.39 is 10.0 Å². The molecule has 1 amide bonds. The monoisotopic (exact) mass is 387 g/mol. The normalized spacial score (nSPS) is 17.1. The number of sulfonamides is 1. The summed E-state index contributed by atoms with van der Waals surface area (Å²) in [6.45, 7) is 5.53. The van der Waals surface area contributed by atoms with Crippen LogP contribution in [0.25, 0.3) is 0 Å². The van der Waals surface area contributed by atoms with Crippen molar-refractivity contribution in [3.8, 4) is 0 Å². The molecule has 3 rings (SSSR count). The molecule has 0 radical (unpaired) electrons. The Morgan fingerprint density at radius 3 is 2.67 bits per heavy atom. The first-order chi connectivity index (χ1) is 12.8. The maximum absolute atomic E-state index is 12.9. The molecular formula is C20H25N3O3S. The molecule has 1 unspecified atom stereocenters. The first kappa shape index (κ1) is 19.4. The fourth-order valence-electron chi connectivity index (χ4n) is 3.30. The van der Waals surface area contributed by atoms with Crippen LogP contribution >= 0.6 is 0 Å². The van der Waals surface area contributed by atoms with Crippen molar-refractivity contribution in [2.45, 2.75) is 25.2 Å². The van der Waals surface area contributed by atoms with Crippen LogP contribution in [0.2, 0.25) is 0 Å². The number of rotatable bonds is 5. The maximum Gasteiger partial charge on any atom is 0.261 e. The molecule has 1 aliphatic rings. The number of benzene rings is 2. The highest BCUT2D eigenvalue weighted by Crippen LogP contribution is 2.23. The zero-order valence-corrected chi connectivity index (χ0v) is 16.4. The van der Waals surface area contributed by atoms with Crippen molar-refractivity contribution in [1.29, 1.82) is 0 Å². The molecule has 0 bridgehead atoms. The number of hydrogen-bond acceptors (Lipinski definition) is 4.